The summed E-state index contributed by atoms with van der Waals surface area (Å²) in [6.07, 6.45) is 6.05. The van der Waals surface area contributed by atoms with Gasteiger partial charge in [-0.25, -0.2) is 9.67 Å². The minimum atomic E-state index is 0.729. The quantitative estimate of drug-likeness (QED) is 0.868. The molecule has 1 aliphatic rings. The van der Waals surface area contributed by atoms with Crippen LogP contribution in [0.1, 0.15) is 40.5 Å². The van der Waals surface area contributed by atoms with Crippen molar-refractivity contribution < 1.29 is 0 Å². The van der Waals surface area contributed by atoms with Crippen LogP contribution in [0.25, 0.3) is 0 Å². The van der Waals surface area contributed by atoms with Crippen LogP contribution in [0.2, 0.25) is 0 Å². The summed E-state index contributed by atoms with van der Waals surface area (Å²) in [6.45, 7) is 8.20. The van der Waals surface area contributed by atoms with Crippen LogP contribution in [0.15, 0.2) is 6.20 Å². The van der Waals surface area contributed by atoms with Crippen molar-refractivity contribution in [2.75, 3.05) is 13.1 Å². The van der Waals surface area contributed by atoms with Gasteiger partial charge >= 0.3 is 0 Å². The SMILES string of the molecule is Cc1nc(Cn2cc(CN3CCCCC3)nn2)sc1C. The summed E-state index contributed by atoms with van der Waals surface area (Å²) < 4.78 is 1.90. The molecule has 0 spiro atoms. The third kappa shape index (κ3) is 3.24. The van der Waals surface area contributed by atoms with Crippen LogP contribution in [-0.4, -0.2) is 38.0 Å². The highest BCUT2D eigenvalue weighted by Crippen LogP contribution is 2.17. The smallest absolute Gasteiger partial charge is 0.115 e. The molecule has 5 nitrogen and oxygen atoms in total. The molecule has 3 rings (SSSR count). The molecule has 0 bridgehead atoms. The molecule has 0 saturated carbocycles. The Morgan fingerprint density at radius 3 is 2.65 bits per heavy atom. The molecule has 20 heavy (non-hydrogen) atoms. The maximum absolute atomic E-state index is 4.55. The number of likely N-dealkylation sites (tertiary alicyclic amines) is 1. The van der Waals surface area contributed by atoms with Gasteiger partial charge in [-0.2, -0.15) is 0 Å². The second-order valence-electron chi connectivity index (χ2n) is 5.49. The Bertz CT molecular complexity index is 548. The van der Waals surface area contributed by atoms with E-state index in [1.807, 2.05) is 4.68 Å². The highest BCUT2D eigenvalue weighted by molar-refractivity contribution is 7.11. The zero-order chi connectivity index (χ0) is 13.9. The van der Waals surface area contributed by atoms with Crippen molar-refractivity contribution in [1.29, 1.82) is 0 Å². The number of nitrogens with zero attached hydrogens (tertiary/aromatic N) is 5. The normalized spacial score (nSPS) is 16.7. The van der Waals surface area contributed by atoms with Gasteiger partial charge in [0, 0.05) is 11.4 Å². The zero-order valence-electron chi connectivity index (χ0n) is 12.2. The van der Waals surface area contributed by atoms with Gasteiger partial charge in [0.1, 0.15) is 5.01 Å². The van der Waals surface area contributed by atoms with Crippen molar-refractivity contribution >= 4 is 11.3 Å². The number of piperidine rings is 1. The number of hydrogen-bond donors (Lipinski definition) is 0. The Morgan fingerprint density at radius 1 is 1.15 bits per heavy atom. The van der Waals surface area contributed by atoms with Gasteiger partial charge in [-0.3, -0.25) is 4.90 Å². The number of aromatic nitrogens is 4. The van der Waals surface area contributed by atoms with Crippen LogP contribution in [0.4, 0.5) is 0 Å². The molecular formula is C14H21N5S. The van der Waals surface area contributed by atoms with E-state index in [-0.39, 0.29) is 0 Å². The molecule has 2 aromatic rings. The van der Waals surface area contributed by atoms with E-state index < -0.39 is 0 Å². The Kier molecular flexibility index (Phi) is 4.12. The fraction of sp³-hybridized carbons (Fsp3) is 0.643. The van der Waals surface area contributed by atoms with Crippen LogP contribution in [0.5, 0.6) is 0 Å². The lowest BCUT2D eigenvalue weighted by atomic mass is 10.1. The largest absolute Gasteiger partial charge is 0.297 e. The van der Waals surface area contributed by atoms with E-state index in [9.17, 15) is 0 Å². The van der Waals surface area contributed by atoms with E-state index in [0.717, 1.165) is 29.5 Å². The predicted molar refractivity (Wildman–Crippen MR) is 79.8 cm³/mol. The molecule has 1 fully saturated rings. The van der Waals surface area contributed by atoms with Crippen molar-refractivity contribution in [2.45, 2.75) is 46.2 Å². The van der Waals surface area contributed by atoms with E-state index in [0.29, 0.717) is 0 Å². The summed E-state index contributed by atoms with van der Waals surface area (Å²) in [5.41, 5.74) is 2.19. The van der Waals surface area contributed by atoms with Gasteiger partial charge in [-0.05, 0) is 39.8 Å². The fourth-order valence-corrected chi connectivity index (χ4v) is 3.51. The first kappa shape index (κ1) is 13.7. The third-order valence-electron chi connectivity index (χ3n) is 3.79. The number of rotatable bonds is 4. The van der Waals surface area contributed by atoms with Crippen LogP contribution in [-0.2, 0) is 13.1 Å². The molecule has 0 amide bonds. The monoisotopic (exact) mass is 291 g/mol. The molecule has 0 atom stereocenters. The first-order valence-electron chi connectivity index (χ1n) is 7.25. The van der Waals surface area contributed by atoms with E-state index in [2.05, 4.69) is 40.2 Å². The standard InChI is InChI=1S/C14H21N5S/c1-11-12(2)20-14(15-11)10-19-9-13(16-17-19)8-18-6-4-3-5-7-18/h9H,3-8,10H2,1-2H3. The number of hydrogen-bond acceptors (Lipinski definition) is 5. The Morgan fingerprint density at radius 2 is 1.95 bits per heavy atom. The minimum Gasteiger partial charge on any atom is -0.297 e. The molecule has 1 saturated heterocycles. The molecule has 108 valence electrons. The van der Waals surface area contributed by atoms with Crippen molar-refractivity contribution in [2.24, 2.45) is 0 Å². The average molecular weight is 291 g/mol. The molecule has 0 aromatic carbocycles. The lowest BCUT2D eigenvalue weighted by Gasteiger charge is -2.25. The van der Waals surface area contributed by atoms with Gasteiger partial charge in [0.2, 0.25) is 0 Å². The second kappa shape index (κ2) is 6.01. The van der Waals surface area contributed by atoms with Crippen LogP contribution in [0.3, 0.4) is 0 Å². The van der Waals surface area contributed by atoms with Gasteiger partial charge in [-0.15, -0.1) is 16.4 Å². The third-order valence-corrected chi connectivity index (χ3v) is 4.85. The summed E-state index contributed by atoms with van der Waals surface area (Å²) in [6, 6.07) is 0. The maximum atomic E-state index is 4.55. The van der Waals surface area contributed by atoms with Gasteiger partial charge in [0.05, 0.1) is 24.1 Å². The van der Waals surface area contributed by atoms with Gasteiger partial charge in [0.25, 0.3) is 0 Å². The summed E-state index contributed by atoms with van der Waals surface area (Å²) in [7, 11) is 0. The second-order valence-corrected chi connectivity index (χ2v) is 6.78. The average Bonchev–Trinajstić information content (AvgIpc) is 2.99. The van der Waals surface area contributed by atoms with Crippen LogP contribution >= 0.6 is 11.3 Å². The van der Waals surface area contributed by atoms with E-state index in [1.165, 1.54) is 37.2 Å². The highest BCUT2D eigenvalue weighted by atomic mass is 32.1. The number of thiazole rings is 1. The van der Waals surface area contributed by atoms with Crippen molar-refractivity contribution in [3.63, 3.8) is 0 Å². The molecule has 1 aliphatic heterocycles. The molecule has 0 radical (unpaired) electrons. The number of aryl methyl sites for hydroxylation is 2. The van der Waals surface area contributed by atoms with Crippen molar-refractivity contribution in [1.82, 2.24) is 24.9 Å². The van der Waals surface area contributed by atoms with E-state index >= 15 is 0 Å². The topological polar surface area (TPSA) is 46.8 Å². The zero-order valence-corrected chi connectivity index (χ0v) is 13.0. The maximum Gasteiger partial charge on any atom is 0.115 e. The summed E-state index contributed by atoms with van der Waals surface area (Å²) >= 11 is 1.74. The molecule has 0 unspecified atom stereocenters. The molecule has 6 heteroatoms. The summed E-state index contributed by atoms with van der Waals surface area (Å²) in [4.78, 5) is 8.30. The van der Waals surface area contributed by atoms with Crippen LogP contribution in [0, 0.1) is 13.8 Å². The fourth-order valence-electron chi connectivity index (χ4n) is 2.58. The summed E-state index contributed by atoms with van der Waals surface area (Å²) in [5.74, 6) is 0. The Labute approximate surface area is 123 Å². The van der Waals surface area contributed by atoms with Crippen molar-refractivity contribution in [3.05, 3.63) is 27.5 Å². The molecule has 3 heterocycles. The molecule has 0 N–H and O–H groups in total. The molecular weight excluding hydrogens is 270 g/mol. The van der Waals surface area contributed by atoms with Crippen LogP contribution < -0.4 is 0 Å². The molecule has 0 aliphatic carbocycles. The first-order chi connectivity index (χ1) is 9.70. The Balaban J connectivity index is 1.61. The lowest BCUT2D eigenvalue weighted by Crippen LogP contribution is -2.29. The highest BCUT2D eigenvalue weighted by Gasteiger charge is 2.13. The first-order valence-corrected chi connectivity index (χ1v) is 8.06. The Hall–Kier alpha value is -1.27. The van der Waals surface area contributed by atoms with Gasteiger partial charge in [-0.1, -0.05) is 11.6 Å². The van der Waals surface area contributed by atoms with Gasteiger partial charge < -0.3 is 0 Å². The van der Waals surface area contributed by atoms with E-state index in [1.54, 1.807) is 11.3 Å². The predicted octanol–water partition coefficient (Wildman–Crippen LogP) is 2.39. The van der Waals surface area contributed by atoms with Gasteiger partial charge in [0.15, 0.2) is 0 Å². The lowest BCUT2D eigenvalue weighted by molar-refractivity contribution is 0.218. The van der Waals surface area contributed by atoms with E-state index in [4.69, 9.17) is 0 Å². The molecule has 2 aromatic heterocycles. The minimum absolute atomic E-state index is 0.729. The summed E-state index contributed by atoms with van der Waals surface area (Å²) in [5, 5.41) is 9.61. The van der Waals surface area contributed by atoms with Crippen molar-refractivity contribution in [3.8, 4) is 0 Å².